The van der Waals surface area contributed by atoms with E-state index in [1.165, 1.54) is 19.2 Å². The molecule has 2 N–H and O–H groups in total. The summed E-state index contributed by atoms with van der Waals surface area (Å²) in [6, 6.07) is 3.61. The maximum Gasteiger partial charge on any atom is 0.306 e. The number of nitrogens with zero attached hydrogens (tertiary/aromatic N) is 1. The normalized spacial score (nSPS) is 11.9. The summed E-state index contributed by atoms with van der Waals surface area (Å²) in [5.41, 5.74) is 0.0219. The lowest BCUT2D eigenvalue weighted by atomic mass is 10.0. The van der Waals surface area contributed by atoms with E-state index in [-0.39, 0.29) is 17.0 Å². The molecule has 0 bridgehead atoms. The molecule has 0 aliphatic carbocycles. The Morgan fingerprint density at radius 2 is 2.24 bits per heavy atom. The lowest BCUT2D eigenvalue weighted by Crippen LogP contribution is -2.07. The van der Waals surface area contributed by atoms with Crippen LogP contribution < -0.4 is 4.74 Å². The lowest BCUT2D eigenvalue weighted by Gasteiger charge is -2.12. The first-order chi connectivity index (χ1) is 7.95. The number of benzene rings is 1. The largest absolute Gasteiger partial charge is 0.496 e. The van der Waals surface area contributed by atoms with E-state index < -0.39 is 23.4 Å². The van der Waals surface area contributed by atoms with Crippen molar-refractivity contribution < 1.29 is 24.7 Å². The summed E-state index contributed by atoms with van der Waals surface area (Å²) in [4.78, 5) is 20.4. The lowest BCUT2D eigenvalue weighted by molar-refractivity contribution is -0.384. The molecule has 0 fully saturated rings. The molecule has 0 aromatic heterocycles. The van der Waals surface area contributed by atoms with Gasteiger partial charge in [-0.3, -0.25) is 14.9 Å². The molecule has 1 aromatic carbocycles. The van der Waals surface area contributed by atoms with Crippen molar-refractivity contribution in [3.8, 4) is 5.75 Å². The number of nitro groups is 1. The van der Waals surface area contributed by atoms with Gasteiger partial charge in [0.25, 0.3) is 5.69 Å². The second-order valence-corrected chi connectivity index (χ2v) is 3.30. The Morgan fingerprint density at radius 3 is 2.71 bits per heavy atom. The molecule has 92 valence electrons. The summed E-state index contributed by atoms with van der Waals surface area (Å²) in [6.07, 6.45) is -1.75. The van der Waals surface area contributed by atoms with Crippen LogP contribution in [0.25, 0.3) is 0 Å². The number of non-ortho nitro benzene ring substituents is 1. The van der Waals surface area contributed by atoms with Gasteiger partial charge >= 0.3 is 5.97 Å². The van der Waals surface area contributed by atoms with Crippen molar-refractivity contribution in [2.24, 2.45) is 0 Å². The van der Waals surface area contributed by atoms with Gasteiger partial charge in [-0.1, -0.05) is 0 Å². The van der Waals surface area contributed by atoms with Gasteiger partial charge in [0.1, 0.15) is 5.75 Å². The molecule has 7 nitrogen and oxygen atoms in total. The van der Waals surface area contributed by atoms with Gasteiger partial charge < -0.3 is 14.9 Å². The highest BCUT2D eigenvalue weighted by Crippen LogP contribution is 2.30. The smallest absolute Gasteiger partial charge is 0.306 e. The van der Waals surface area contributed by atoms with E-state index in [1.807, 2.05) is 0 Å². The Bertz CT molecular complexity index is 444. The van der Waals surface area contributed by atoms with E-state index >= 15 is 0 Å². The van der Waals surface area contributed by atoms with E-state index in [4.69, 9.17) is 9.84 Å². The fourth-order valence-corrected chi connectivity index (χ4v) is 1.36. The first-order valence-electron chi connectivity index (χ1n) is 4.68. The maximum absolute atomic E-state index is 10.5. The fraction of sp³-hybridized carbons (Fsp3) is 0.300. The van der Waals surface area contributed by atoms with Gasteiger partial charge in [-0.15, -0.1) is 0 Å². The van der Waals surface area contributed by atoms with Gasteiger partial charge in [0.15, 0.2) is 0 Å². The SMILES string of the molecule is COc1cc([N+](=O)[O-])ccc1[C@@H](O)CC(=O)O. The van der Waals surface area contributed by atoms with Crippen LogP contribution in [0.3, 0.4) is 0 Å². The summed E-state index contributed by atoms with van der Waals surface area (Å²) in [5.74, 6) is -1.08. The van der Waals surface area contributed by atoms with Gasteiger partial charge in [0.2, 0.25) is 0 Å². The molecule has 0 saturated heterocycles. The van der Waals surface area contributed by atoms with Gasteiger partial charge in [0, 0.05) is 11.6 Å². The number of hydrogen-bond acceptors (Lipinski definition) is 5. The number of aliphatic hydroxyl groups is 1. The third-order valence-electron chi connectivity index (χ3n) is 2.15. The molecule has 1 rings (SSSR count). The number of aliphatic hydroxyl groups excluding tert-OH is 1. The van der Waals surface area contributed by atoms with Crippen molar-refractivity contribution in [1.82, 2.24) is 0 Å². The highest BCUT2D eigenvalue weighted by molar-refractivity contribution is 5.68. The van der Waals surface area contributed by atoms with Gasteiger partial charge in [-0.05, 0) is 6.07 Å². The zero-order valence-electron chi connectivity index (χ0n) is 8.99. The van der Waals surface area contributed by atoms with Crippen molar-refractivity contribution in [3.63, 3.8) is 0 Å². The second-order valence-electron chi connectivity index (χ2n) is 3.30. The maximum atomic E-state index is 10.5. The molecule has 0 aliphatic heterocycles. The fourth-order valence-electron chi connectivity index (χ4n) is 1.36. The number of carboxylic acid groups (broad SMARTS) is 1. The van der Waals surface area contributed by atoms with E-state index in [0.717, 1.165) is 6.07 Å². The number of ether oxygens (including phenoxy) is 1. The third kappa shape index (κ3) is 3.15. The van der Waals surface area contributed by atoms with Crippen LogP contribution in [-0.4, -0.2) is 28.2 Å². The third-order valence-corrected chi connectivity index (χ3v) is 2.15. The summed E-state index contributed by atoms with van der Waals surface area (Å²) >= 11 is 0. The Balaban J connectivity index is 3.07. The van der Waals surface area contributed by atoms with Crippen LogP contribution >= 0.6 is 0 Å². The van der Waals surface area contributed by atoms with E-state index in [1.54, 1.807) is 0 Å². The second kappa shape index (κ2) is 5.26. The van der Waals surface area contributed by atoms with Gasteiger partial charge in [-0.25, -0.2) is 0 Å². The molecule has 1 atom stereocenters. The number of nitro benzene ring substituents is 1. The van der Waals surface area contributed by atoms with Crippen LogP contribution in [-0.2, 0) is 4.79 Å². The van der Waals surface area contributed by atoms with Crippen molar-refractivity contribution >= 4 is 11.7 Å². The predicted octanol–water partition coefficient (Wildman–Crippen LogP) is 1.11. The Kier molecular flexibility index (Phi) is 4.00. The van der Waals surface area contributed by atoms with Crippen molar-refractivity contribution in [1.29, 1.82) is 0 Å². The first-order valence-corrected chi connectivity index (χ1v) is 4.68. The quantitative estimate of drug-likeness (QED) is 0.590. The number of hydrogen-bond donors (Lipinski definition) is 2. The molecule has 0 radical (unpaired) electrons. The average molecular weight is 241 g/mol. The Labute approximate surface area is 96.4 Å². The van der Waals surface area contributed by atoms with Gasteiger partial charge in [-0.2, -0.15) is 0 Å². The minimum atomic E-state index is -1.26. The Morgan fingerprint density at radius 1 is 1.59 bits per heavy atom. The molecule has 0 heterocycles. The highest BCUT2D eigenvalue weighted by Gasteiger charge is 2.19. The zero-order chi connectivity index (χ0) is 13.0. The summed E-state index contributed by atoms with van der Waals surface area (Å²) < 4.78 is 4.88. The number of methoxy groups -OCH3 is 1. The van der Waals surface area contributed by atoms with E-state index in [9.17, 15) is 20.0 Å². The predicted molar refractivity (Wildman–Crippen MR) is 56.9 cm³/mol. The summed E-state index contributed by atoms with van der Waals surface area (Å²) in [5, 5.41) is 28.7. The van der Waals surface area contributed by atoms with E-state index in [2.05, 4.69) is 0 Å². The van der Waals surface area contributed by atoms with Gasteiger partial charge in [0.05, 0.1) is 30.6 Å². The van der Waals surface area contributed by atoms with Crippen molar-refractivity contribution in [2.75, 3.05) is 7.11 Å². The molecule has 0 unspecified atom stereocenters. The number of aliphatic carboxylic acids is 1. The van der Waals surface area contributed by atoms with Crippen LogP contribution in [0.1, 0.15) is 18.1 Å². The highest BCUT2D eigenvalue weighted by atomic mass is 16.6. The number of carboxylic acids is 1. The van der Waals surface area contributed by atoms with E-state index in [0.29, 0.717) is 0 Å². The molecule has 0 aliphatic rings. The number of carbonyl (C=O) groups is 1. The number of rotatable bonds is 5. The van der Waals surface area contributed by atoms with Crippen LogP contribution in [0.15, 0.2) is 18.2 Å². The topological polar surface area (TPSA) is 110 Å². The molecule has 17 heavy (non-hydrogen) atoms. The van der Waals surface area contributed by atoms with Crippen LogP contribution in [0.5, 0.6) is 5.75 Å². The monoisotopic (exact) mass is 241 g/mol. The van der Waals surface area contributed by atoms with Crippen LogP contribution in [0.4, 0.5) is 5.69 Å². The van der Waals surface area contributed by atoms with Crippen molar-refractivity contribution in [3.05, 3.63) is 33.9 Å². The minimum absolute atomic E-state index is 0.0907. The van der Waals surface area contributed by atoms with Crippen molar-refractivity contribution in [2.45, 2.75) is 12.5 Å². The van der Waals surface area contributed by atoms with Crippen LogP contribution in [0, 0.1) is 10.1 Å². The first kappa shape index (κ1) is 12.9. The average Bonchev–Trinajstić information content (AvgIpc) is 2.27. The Hall–Kier alpha value is -2.15. The summed E-state index contributed by atoms with van der Waals surface area (Å²) in [6.45, 7) is 0. The molecule has 1 aromatic rings. The zero-order valence-corrected chi connectivity index (χ0v) is 8.99. The molecule has 7 heteroatoms. The molecule has 0 saturated carbocycles. The standard InChI is InChI=1S/C10H11NO6/c1-17-9-4-6(11(15)16)2-3-7(9)8(12)5-10(13)14/h2-4,8,12H,5H2,1H3,(H,13,14)/t8-/m0/s1. The molecular formula is C10H11NO6. The minimum Gasteiger partial charge on any atom is -0.496 e. The molecular weight excluding hydrogens is 230 g/mol. The summed E-state index contributed by atoms with van der Waals surface area (Å²) in [7, 11) is 1.29. The molecule has 0 spiro atoms. The molecule has 0 amide bonds. The van der Waals surface area contributed by atoms with Crippen LogP contribution in [0.2, 0.25) is 0 Å².